The van der Waals surface area contributed by atoms with Crippen molar-refractivity contribution in [2.45, 2.75) is 63.5 Å². The van der Waals surface area contributed by atoms with Gasteiger partial charge in [-0.1, -0.05) is 25.7 Å². The molecule has 2 aliphatic rings. The van der Waals surface area contributed by atoms with Crippen molar-refractivity contribution in [3.05, 3.63) is 12.3 Å². The number of rotatable bonds is 3. The van der Waals surface area contributed by atoms with Gasteiger partial charge in [0, 0.05) is 31.4 Å². The van der Waals surface area contributed by atoms with E-state index in [-0.39, 0.29) is 6.04 Å². The van der Waals surface area contributed by atoms with Crippen molar-refractivity contribution in [2.24, 2.45) is 5.73 Å². The standard InChI is InChI=1S/C16H27N5/c17-13-7-3-4-8-14(13)19-16-18-10-9-15(20-16)21-11-5-1-2-6-12-21/h9-10,13-14H,1-8,11-12,17H2,(H,18,19,20)/t13-,14-/m0/s1. The maximum absolute atomic E-state index is 6.20. The van der Waals surface area contributed by atoms with Gasteiger partial charge in [-0.25, -0.2) is 4.98 Å². The van der Waals surface area contributed by atoms with E-state index in [1.54, 1.807) is 0 Å². The van der Waals surface area contributed by atoms with Gasteiger partial charge in [0.1, 0.15) is 5.82 Å². The number of hydrogen-bond acceptors (Lipinski definition) is 5. The Morgan fingerprint density at radius 1 is 1.05 bits per heavy atom. The van der Waals surface area contributed by atoms with E-state index in [2.05, 4.69) is 15.2 Å². The van der Waals surface area contributed by atoms with Gasteiger partial charge in [0.05, 0.1) is 0 Å². The maximum atomic E-state index is 6.20. The van der Waals surface area contributed by atoms with Crippen molar-refractivity contribution in [3.8, 4) is 0 Å². The Balaban J connectivity index is 1.67. The van der Waals surface area contributed by atoms with Crippen LogP contribution in [0.15, 0.2) is 12.3 Å². The Morgan fingerprint density at radius 2 is 1.81 bits per heavy atom. The molecule has 1 saturated heterocycles. The van der Waals surface area contributed by atoms with Crippen molar-refractivity contribution < 1.29 is 0 Å². The Labute approximate surface area is 127 Å². The van der Waals surface area contributed by atoms with Gasteiger partial charge in [-0.3, -0.25) is 0 Å². The maximum Gasteiger partial charge on any atom is 0.224 e. The third-order valence-corrected chi connectivity index (χ3v) is 4.70. The number of nitrogens with two attached hydrogens (primary N) is 1. The molecule has 1 saturated carbocycles. The number of nitrogens with zero attached hydrogens (tertiary/aromatic N) is 3. The van der Waals surface area contributed by atoms with Gasteiger partial charge < -0.3 is 16.0 Å². The van der Waals surface area contributed by atoms with Crippen molar-refractivity contribution in [1.82, 2.24) is 9.97 Å². The zero-order valence-corrected chi connectivity index (χ0v) is 12.8. The lowest BCUT2D eigenvalue weighted by atomic mass is 9.91. The second kappa shape index (κ2) is 7.07. The summed E-state index contributed by atoms with van der Waals surface area (Å²) in [4.78, 5) is 11.5. The molecule has 0 amide bonds. The molecule has 0 radical (unpaired) electrons. The monoisotopic (exact) mass is 289 g/mol. The lowest BCUT2D eigenvalue weighted by Gasteiger charge is -2.29. The van der Waals surface area contributed by atoms with Crippen molar-refractivity contribution in [3.63, 3.8) is 0 Å². The molecule has 2 heterocycles. The predicted octanol–water partition coefficient (Wildman–Crippen LogP) is 2.54. The molecule has 0 bridgehead atoms. The van der Waals surface area contributed by atoms with Crippen LogP contribution in [0, 0.1) is 0 Å². The molecule has 0 aromatic carbocycles. The molecular formula is C16H27N5. The van der Waals surface area contributed by atoms with Gasteiger partial charge in [0.25, 0.3) is 0 Å². The molecule has 2 fully saturated rings. The minimum atomic E-state index is 0.226. The van der Waals surface area contributed by atoms with Gasteiger partial charge in [-0.2, -0.15) is 4.98 Å². The van der Waals surface area contributed by atoms with Crippen LogP contribution in [0.5, 0.6) is 0 Å². The molecule has 5 heteroatoms. The summed E-state index contributed by atoms with van der Waals surface area (Å²) in [7, 11) is 0. The predicted molar refractivity (Wildman–Crippen MR) is 86.6 cm³/mol. The fourth-order valence-corrected chi connectivity index (χ4v) is 3.40. The first-order valence-corrected chi connectivity index (χ1v) is 8.43. The normalized spacial score (nSPS) is 27.2. The van der Waals surface area contributed by atoms with Gasteiger partial charge in [-0.05, 0) is 31.7 Å². The van der Waals surface area contributed by atoms with E-state index in [0.29, 0.717) is 6.04 Å². The molecule has 0 spiro atoms. The van der Waals surface area contributed by atoms with E-state index in [0.717, 1.165) is 37.7 Å². The van der Waals surface area contributed by atoms with Crippen LogP contribution in [-0.4, -0.2) is 35.1 Å². The van der Waals surface area contributed by atoms with E-state index < -0.39 is 0 Å². The van der Waals surface area contributed by atoms with Gasteiger partial charge in [0.15, 0.2) is 0 Å². The summed E-state index contributed by atoms with van der Waals surface area (Å²) in [5, 5.41) is 3.45. The lowest BCUT2D eigenvalue weighted by molar-refractivity contribution is 0.402. The van der Waals surface area contributed by atoms with E-state index in [4.69, 9.17) is 10.7 Å². The molecule has 1 aromatic rings. The van der Waals surface area contributed by atoms with Crippen LogP contribution in [0.2, 0.25) is 0 Å². The molecule has 2 atom stereocenters. The first-order valence-electron chi connectivity index (χ1n) is 8.43. The summed E-state index contributed by atoms with van der Waals surface area (Å²) >= 11 is 0. The topological polar surface area (TPSA) is 67.1 Å². The highest BCUT2D eigenvalue weighted by molar-refractivity contribution is 5.43. The van der Waals surface area contributed by atoms with Crippen LogP contribution in [0.3, 0.4) is 0 Å². The molecule has 5 nitrogen and oxygen atoms in total. The summed E-state index contributed by atoms with van der Waals surface area (Å²) in [6, 6.07) is 2.57. The first-order chi connectivity index (χ1) is 10.3. The molecule has 0 unspecified atom stereocenters. The molecule has 3 rings (SSSR count). The average Bonchev–Trinajstić information content (AvgIpc) is 2.79. The third-order valence-electron chi connectivity index (χ3n) is 4.70. The molecule has 3 N–H and O–H groups in total. The fraction of sp³-hybridized carbons (Fsp3) is 0.750. The summed E-state index contributed by atoms with van der Waals surface area (Å²) in [6.45, 7) is 2.22. The van der Waals surface area contributed by atoms with Crippen LogP contribution in [-0.2, 0) is 0 Å². The summed E-state index contributed by atoms with van der Waals surface area (Å²) in [6.07, 6.45) is 11.8. The van der Waals surface area contributed by atoms with Crippen LogP contribution in [0.1, 0.15) is 51.4 Å². The minimum Gasteiger partial charge on any atom is -0.356 e. The fourth-order valence-electron chi connectivity index (χ4n) is 3.40. The van der Waals surface area contributed by atoms with E-state index in [1.165, 1.54) is 38.5 Å². The molecule has 116 valence electrons. The third kappa shape index (κ3) is 3.84. The van der Waals surface area contributed by atoms with E-state index >= 15 is 0 Å². The zero-order chi connectivity index (χ0) is 14.5. The molecule has 1 aliphatic heterocycles. The Hall–Kier alpha value is -1.36. The SMILES string of the molecule is N[C@H]1CCCC[C@@H]1Nc1nccc(N2CCCCCC2)n1. The highest BCUT2D eigenvalue weighted by Gasteiger charge is 2.22. The Morgan fingerprint density at radius 3 is 2.57 bits per heavy atom. The van der Waals surface area contributed by atoms with Crippen LogP contribution in [0.25, 0.3) is 0 Å². The number of anilines is 2. The number of hydrogen-bond donors (Lipinski definition) is 2. The average molecular weight is 289 g/mol. The lowest BCUT2D eigenvalue weighted by Crippen LogP contribution is -2.43. The number of aromatic nitrogens is 2. The largest absolute Gasteiger partial charge is 0.356 e. The Kier molecular flexibility index (Phi) is 4.91. The second-order valence-electron chi connectivity index (χ2n) is 6.34. The van der Waals surface area contributed by atoms with E-state index in [9.17, 15) is 0 Å². The highest BCUT2D eigenvalue weighted by atomic mass is 15.2. The van der Waals surface area contributed by atoms with E-state index in [1.807, 2.05) is 12.3 Å². The van der Waals surface area contributed by atoms with Gasteiger partial charge in [-0.15, -0.1) is 0 Å². The quantitative estimate of drug-likeness (QED) is 0.895. The van der Waals surface area contributed by atoms with Crippen LogP contribution in [0.4, 0.5) is 11.8 Å². The van der Waals surface area contributed by atoms with Gasteiger partial charge >= 0.3 is 0 Å². The van der Waals surface area contributed by atoms with Crippen molar-refractivity contribution in [1.29, 1.82) is 0 Å². The second-order valence-corrected chi connectivity index (χ2v) is 6.34. The molecule has 1 aliphatic carbocycles. The van der Waals surface area contributed by atoms with Crippen LogP contribution < -0.4 is 16.0 Å². The summed E-state index contributed by atoms with van der Waals surface area (Å²) < 4.78 is 0. The molecule has 21 heavy (non-hydrogen) atoms. The van der Waals surface area contributed by atoms with Crippen molar-refractivity contribution in [2.75, 3.05) is 23.3 Å². The molecule has 1 aromatic heterocycles. The zero-order valence-electron chi connectivity index (χ0n) is 12.8. The smallest absolute Gasteiger partial charge is 0.224 e. The minimum absolute atomic E-state index is 0.226. The summed E-state index contributed by atoms with van der Waals surface area (Å²) in [5.41, 5.74) is 6.20. The van der Waals surface area contributed by atoms with Crippen LogP contribution >= 0.6 is 0 Å². The highest BCUT2D eigenvalue weighted by Crippen LogP contribution is 2.21. The van der Waals surface area contributed by atoms with Crippen molar-refractivity contribution >= 4 is 11.8 Å². The Bertz CT molecular complexity index is 442. The number of nitrogens with one attached hydrogen (secondary N) is 1. The van der Waals surface area contributed by atoms with Gasteiger partial charge in [0.2, 0.25) is 5.95 Å². The summed E-state index contributed by atoms with van der Waals surface area (Å²) in [5.74, 6) is 1.79. The first kappa shape index (κ1) is 14.6. The molecular weight excluding hydrogens is 262 g/mol.